The molecule has 0 radical (unpaired) electrons. The van der Waals surface area contributed by atoms with Crippen LogP contribution in [0.4, 0.5) is 11.4 Å². The number of piperidine rings is 1. The lowest BCUT2D eigenvalue weighted by molar-refractivity contribution is -0.121. The predicted octanol–water partition coefficient (Wildman–Crippen LogP) is 4.13. The minimum atomic E-state index is -3.57. The number of sulfonamides is 1. The Kier molecular flexibility index (Phi) is 7.07. The van der Waals surface area contributed by atoms with Gasteiger partial charge >= 0.3 is 0 Å². The third kappa shape index (κ3) is 5.23. The SMILES string of the molecule is Cc1ccc(NC(=O)CN2C(=O)CCCc3cc(S(=O)(=O)N4CCCCC4)ccc32)cc1Cl. The lowest BCUT2D eigenvalue weighted by Crippen LogP contribution is -2.38. The molecule has 2 aliphatic rings. The summed E-state index contributed by atoms with van der Waals surface area (Å²) in [5.74, 6) is -0.501. The van der Waals surface area contributed by atoms with Crippen LogP contribution in [0.3, 0.4) is 0 Å². The Morgan fingerprint density at radius 2 is 1.79 bits per heavy atom. The van der Waals surface area contributed by atoms with E-state index in [0.29, 0.717) is 48.7 Å². The molecule has 9 heteroatoms. The quantitative estimate of drug-likeness (QED) is 0.684. The van der Waals surface area contributed by atoms with Gasteiger partial charge in [0.15, 0.2) is 0 Å². The smallest absolute Gasteiger partial charge is 0.244 e. The molecule has 1 saturated heterocycles. The van der Waals surface area contributed by atoms with E-state index in [9.17, 15) is 18.0 Å². The normalized spacial score (nSPS) is 17.4. The molecule has 0 aliphatic carbocycles. The number of hydrogen-bond acceptors (Lipinski definition) is 4. The maximum Gasteiger partial charge on any atom is 0.244 e. The molecule has 0 unspecified atom stereocenters. The van der Waals surface area contributed by atoms with Crippen LogP contribution < -0.4 is 10.2 Å². The van der Waals surface area contributed by atoms with Crippen LogP contribution in [0.15, 0.2) is 41.3 Å². The van der Waals surface area contributed by atoms with Crippen LogP contribution in [-0.4, -0.2) is 44.2 Å². The molecule has 2 aromatic rings. The fraction of sp³-hybridized carbons (Fsp3) is 0.417. The number of aryl methyl sites for hydroxylation is 2. The van der Waals surface area contributed by atoms with E-state index in [0.717, 1.165) is 30.4 Å². The highest BCUT2D eigenvalue weighted by Gasteiger charge is 2.29. The standard InChI is InChI=1S/C24H28ClN3O4S/c1-17-8-9-19(15-21(17)25)26-23(29)16-28-22-11-10-20(14-18(22)6-5-7-24(28)30)33(31,32)27-12-3-2-4-13-27/h8-11,14-15H,2-7,12-13,16H2,1H3,(H,26,29). The van der Waals surface area contributed by atoms with Gasteiger partial charge in [-0.3, -0.25) is 9.59 Å². The Bertz CT molecular complexity index is 1180. The zero-order chi connectivity index (χ0) is 23.6. The van der Waals surface area contributed by atoms with E-state index in [1.54, 1.807) is 30.3 Å². The average molecular weight is 490 g/mol. The highest BCUT2D eigenvalue weighted by molar-refractivity contribution is 7.89. The van der Waals surface area contributed by atoms with Crippen molar-refractivity contribution in [2.75, 3.05) is 29.9 Å². The van der Waals surface area contributed by atoms with Gasteiger partial charge < -0.3 is 10.2 Å². The second kappa shape index (κ2) is 9.83. The van der Waals surface area contributed by atoms with Crippen LogP contribution in [0.2, 0.25) is 5.02 Å². The van der Waals surface area contributed by atoms with E-state index < -0.39 is 10.0 Å². The van der Waals surface area contributed by atoms with Crippen molar-refractivity contribution in [1.82, 2.24) is 4.31 Å². The monoisotopic (exact) mass is 489 g/mol. The van der Waals surface area contributed by atoms with Gasteiger partial charge in [0.05, 0.1) is 4.90 Å². The molecule has 0 saturated carbocycles. The summed E-state index contributed by atoms with van der Waals surface area (Å²) in [6, 6.07) is 10.1. The predicted molar refractivity (Wildman–Crippen MR) is 129 cm³/mol. The number of fused-ring (bicyclic) bond motifs is 1. The van der Waals surface area contributed by atoms with Crippen LogP contribution in [0, 0.1) is 6.92 Å². The van der Waals surface area contributed by atoms with E-state index >= 15 is 0 Å². The van der Waals surface area contributed by atoms with Crippen LogP contribution in [0.5, 0.6) is 0 Å². The number of halogens is 1. The Hall–Kier alpha value is -2.42. The zero-order valence-corrected chi connectivity index (χ0v) is 20.2. The number of amides is 2. The second-order valence-electron chi connectivity index (χ2n) is 8.60. The van der Waals surface area contributed by atoms with Crippen molar-refractivity contribution in [3.8, 4) is 0 Å². The first-order chi connectivity index (χ1) is 15.8. The summed E-state index contributed by atoms with van der Waals surface area (Å²) in [5.41, 5.74) is 2.82. The molecule has 2 heterocycles. The molecule has 1 N–H and O–H groups in total. The molecule has 7 nitrogen and oxygen atoms in total. The molecule has 2 aromatic carbocycles. The summed E-state index contributed by atoms with van der Waals surface area (Å²) in [6.45, 7) is 2.79. The maximum atomic E-state index is 13.1. The highest BCUT2D eigenvalue weighted by atomic mass is 35.5. The van der Waals surface area contributed by atoms with Crippen molar-refractivity contribution >= 4 is 44.8 Å². The van der Waals surface area contributed by atoms with E-state index in [4.69, 9.17) is 11.6 Å². The molecular weight excluding hydrogens is 462 g/mol. The second-order valence-corrected chi connectivity index (χ2v) is 10.9. The molecule has 176 valence electrons. The number of anilines is 2. The van der Waals surface area contributed by atoms with E-state index in [-0.39, 0.29) is 23.3 Å². The number of rotatable bonds is 5. The third-order valence-corrected chi connectivity index (χ3v) is 8.49. The maximum absolute atomic E-state index is 13.1. The Morgan fingerprint density at radius 1 is 1.03 bits per heavy atom. The zero-order valence-electron chi connectivity index (χ0n) is 18.6. The average Bonchev–Trinajstić information content (AvgIpc) is 2.95. The number of carbonyl (C=O) groups excluding carboxylic acids is 2. The third-order valence-electron chi connectivity index (χ3n) is 6.19. The molecule has 0 spiro atoms. The lowest BCUT2D eigenvalue weighted by atomic mass is 10.1. The van der Waals surface area contributed by atoms with Gasteiger partial charge in [-0.25, -0.2) is 8.42 Å². The molecule has 0 bridgehead atoms. The fourth-order valence-corrected chi connectivity index (χ4v) is 6.08. The van der Waals surface area contributed by atoms with Gasteiger partial charge in [-0.05, 0) is 74.1 Å². The van der Waals surface area contributed by atoms with Crippen molar-refractivity contribution in [2.45, 2.75) is 50.3 Å². The van der Waals surface area contributed by atoms with Crippen molar-refractivity contribution in [3.63, 3.8) is 0 Å². The molecule has 4 rings (SSSR count). The van der Waals surface area contributed by atoms with Gasteiger partial charge in [-0.2, -0.15) is 4.31 Å². The molecule has 0 atom stereocenters. The molecule has 1 fully saturated rings. The number of nitrogens with zero attached hydrogens (tertiary/aromatic N) is 2. The minimum absolute atomic E-state index is 0.155. The van der Waals surface area contributed by atoms with Crippen LogP contribution in [-0.2, 0) is 26.0 Å². The summed E-state index contributed by atoms with van der Waals surface area (Å²) in [7, 11) is -3.57. The molecular formula is C24H28ClN3O4S. The molecule has 2 amide bonds. The summed E-state index contributed by atoms with van der Waals surface area (Å²) in [6.07, 6.45) is 4.26. The number of carbonyl (C=O) groups is 2. The first-order valence-electron chi connectivity index (χ1n) is 11.2. The molecule has 0 aromatic heterocycles. The molecule has 2 aliphatic heterocycles. The molecule has 33 heavy (non-hydrogen) atoms. The lowest BCUT2D eigenvalue weighted by Gasteiger charge is -2.27. The Balaban J connectivity index is 1.57. The van der Waals surface area contributed by atoms with Crippen molar-refractivity contribution < 1.29 is 18.0 Å². The Labute approximate surface area is 199 Å². The van der Waals surface area contributed by atoms with Gasteiger partial charge in [0.2, 0.25) is 21.8 Å². The summed E-state index contributed by atoms with van der Waals surface area (Å²) in [5, 5.41) is 3.34. The highest BCUT2D eigenvalue weighted by Crippen LogP contribution is 2.31. The van der Waals surface area contributed by atoms with Gasteiger partial charge in [0.25, 0.3) is 0 Å². The van der Waals surface area contributed by atoms with Crippen LogP contribution in [0.1, 0.15) is 43.2 Å². The van der Waals surface area contributed by atoms with Crippen LogP contribution >= 0.6 is 11.6 Å². The van der Waals surface area contributed by atoms with E-state index in [2.05, 4.69) is 5.32 Å². The van der Waals surface area contributed by atoms with Crippen molar-refractivity contribution in [2.24, 2.45) is 0 Å². The largest absolute Gasteiger partial charge is 0.324 e. The number of nitrogens with one attached hydrogen (secondary N) is 1. The summed E-state index contributed by atoms with van der Waals surface area (Å²) < 4.78 is 27.8. The van der Waals surface area contributed by atoms with Gasteiger partial charge in [-0.1, -0.05) is 24.1 Å². The number of benzene rings is 2. The van der Waals surface area contributed by atoms with Crippen LogP contribution in [0.25, 0.3) is 0 Å². The summed E-state index contributed by atoms with van der Waals surface area (Å²) in [4.78, 5) is 27.2. The van der Waals surface area contributed by atoms with Gasteiger partial charge in [-0.15, -0.1) is 0 Å². The number of hydrogen-bond donors (Lipinski definition) is 1. The van der Waals surface area contributed by atoms with Gasteiger partial charge in [0, 0.05) is 35.9 Å². The van der Waals surface area contributed by atoms with E-state index in [1.807, 2.05) is 13.0 Å². The van der Waals surface area contributed by atoms with Crippen molar-refractivity contribution in [3.05, 3.63) is 52.5 Å². The minimum Gasteiger partial charge on any atom is -0.324 e. The summed E-state index contributed by atoms with van der Waals surface area (Å²) >= 11 is 6.14. The van der Waals surface area contributed by atoms with E-state index in [1.165, 1.54) is 9.21 Å². The fourth-order valence-electron chi connectivity index (χ4n) is 4.33. The topological polar surface area (TPSA) is 86.8 Å². The van der Waals surface area contributed by atoms with Crippen molar-refractivity contribution in [1.29, 1.82) is 0 Å². The first-order valence-corrected chi connectivity index (χ1v) is 13.1. The Morgan fingerprint density at radius 3 is 2.52 bits per heavy atom. The van der Waals surface area contributed by atoms with Gasteiger partial charge in [0.1, 0.15) is 6.54 Å². The first kappa shape index (κ1) is 23.7.